The molecule has 0 aliphatic carbocycles. The lowest BCUT2D eigenvalue weighted by atomic mass is 10.1. The predicted octanol–water partition coefficient (Wildman–Crippen LogP) is 2.50. The van der Waals surface area contributed by atoms with E-state index in [4.69, 9.17) is 5.11 Å². The summed E-state index contributed by atoms with van der Waals surface area (Å²) < 4.78 is 72.6. The van der Waals surface area contributed by atoms with Gasteiger partial charge in [-0.05, 0) is 25.1 Å². The van der Waals surface area contributed by atoms with E-state index in [0.717, 1.165) is 0 Å². The largest absolute Gasteiger partial charge is 0.481 e. The van der Waals surface area contributed by atoms with Gasteiger partial charge in [-0.2, -0.15) is 13.9 Å². The number of carboxylic acid groups (broad SMARTS) is 1. The minimum Gasteiger partial charge on any atom is -0.481 e. The van der Waals surface area contributed by atoms with E-state index in [1.165, 1.54) is 31.2 Å². The van der Waals surface area contributed by atoms with Crippen LogP contribution < -0.4 is 15.4 Å². The number of aromatic nitrogens is 2. The Bertz CT molecular complexity index is 1400. The second-order valence-electron chi connectivity index (χ2n) is 8.05. The molecule has 39 heavy (non-hydrogen) atoms. The summed E-state index contributed by atoms with van der Waals surface area (Å²) in [6.07, 6.45) is -0.996. The Kier molecular flexibility index (Phi) is 8.96. The standard InChI is InChI=1S/C24H19F5N4O6/c1-10(30-24(38)17-7-15(32-33-17)11-4-2-3-5-12(11)25)23(37)31-16(8-19(35)36)18(34)9-39-22-20(28)13(26)6-14(27)21(22)29/h2-7,10,16H,8-9H2,1H3,(H,30,38)(H,31,37)(H,32,33)(H,35,36)/t10-,16-/m0/s1. The first-order valence-electron chi connectivity index (χ1n) is 11.0. The number of ketones is 1. The number of aromatic amines is 1. The molecule has 0 aliphatic rings. The number of carbonyl (C=O) groups excluding carboxylic acids is 3. The summed E-state index contributed by atoms with van der Waals surface area (Å²) in [7, 11) is 0. The SMILES string of the molecule is C[C@H](NC(=O)c1cc(-c2ccccc2F)n[nH]1)C(=O)N[C@@H](CC(=O)O)C(=O)COc1c(F)c(F)cc(F)c1F. The molecule has 0 fully saturated rings. The van der Waals surface area contributed by atoms with Gasteiger partial charge in [-0.1, -0.05) is 12.1 Å². The van der Waals surface area contributed by atoms with Crippen LogP contribution in [-0.2, 0) is 14.4 Å². The van der Waals surface area contributed by atoms with Gasteiger partial charge < -0.3 is 20.5 Å². The van der Waals surface area contributed by atoms with Crippen molar-refractivity contribution in [2.45, 2.75) is 25.4 Å². The molecule has 0 aliphatic heterocycles. The molecule has 2 amide bonds. The van der Waals surface area contributed by atoms with Crippen LogP contribution in [0, 0.1) is 29.1 Å². The fraction of sp³-hybridized carbons (Fsp3) is 0.208. The minimum absolute atomic E-state index is 0.0769. The van der Waals surface area contributed by atoms with Gasteiger partial charge in [0.15, 0.2) is 23.2 Å². The van der Waals surface area contributed by atoms with Gasteiger partial charge >= 0.3 is 5.97 Å². The molecule has 1 aromatic heterocycles. The molecule has 3 rings (SSSR count). The van der Waals surface area contributed by atoms with E-state index < -0.39 is 83.5 Å². The average Bonchev–Trinajstić information content (AvgIpc) is 3.37. The van der Waals surface area contributed by atoms with Crippen molar-refractivity contribution in [1.82, 2.24) is 20.8 Å². The van der Waals surface area contributed by atoms with Crippen LogP contribution in [0.15, 0.2) is 36.4 Å². The monoisotopic (exact) mass is 554 g/mol. The number of ether oxygens (including phenoxy) is 1. The van der Waals surface area contributed by atoms with Gasteiger partial charge in [0.05, 0.1) is 12.1 Å². The third-order valence-corrected chi connectivity index (χ3v) is 5.23. The lowest BCUT2D eigenvalue weighted by Crippen LogP contribution is -2.51. The number of Topliss-reactive ketones (excluding diaryl/α,β-unsaturated/α-hetero) is 1. The Hall–Kier alpha value is -4.82. The first kappa shape index (κ1) is 28.7. The number of hydrogen-bond acceptors (Lipinski definition) is 6. The highest BCUT2D eigenvalue weighted by molar-refractivity contribution is 5.98. The zero-order chi connectivity index (χ0) is 28.9. The topological polar surface area (TPSA) is 150 Å². The van der Waals surface area contributed by atoms with Crippen molar-refractivity contribution in [3.05, 3.63) is 71.2 Å². The Morgan fingerprint density at radius 3 is 2.23 bits per heavy atom. The molecular weight excluding hydrogens is 535 g/mol. The second kappa shape index (κ2) is 12.1. The zero-order valence-electron chi connectivity index (χ0n) is 19.9. The summed E-state index contributed by atoms with van der Waals surface area (Å²) in [5.74, 6) is -14.2. The Morgan fingerprint density at radius 2 is 1.62 bits per heavy atom. The maximum absolute atomic E-state index is 13.9. The molecule has 206 valence electrons. The van der Waals surface area contributed by atoms with E-state index in [9.17, 15) is 41.1 Å². The quantitative estimate of drug-likeness (QED) is 0.210. The van der Waals surface area contributed by atoms with Crippen LogP contribution in [0.5, 0.6) is 5.75 Å². The van der Waals surface area contributed by atoms with Gasteiger partial charge in [0.2, 0.25) is 17.5 Å². The number of aliphatic carboxylic acids is 1. The third-order valence-electron chi connectivity index (χ3n) is 5.23. The molecule has 2 aromatic carbocycles. The molecule has 0 unspecified atom stereocenters. The number of carboxylic acids is 1. The van der Waals surface area contributed by atoms with Crippen molar-refractivity contribution < 1.29 is 51.0 Å². The number of nitrogens with zero attached hydrogens (tertiary/aromatic N) is 1. The third kappa shape index (κ3) is 6.94. The van der Waals surface area contributed by atoms with E-state index in [1.54, 1.807) is 6.07 Å². The summed E-state index contributed by atoms with van der Waals surface area (Å²) >= 11 is 0. The number of nitrogens with one attached hydrogen (secondary N) is 3. The fourth-order valence-corrected chi connectivity index (χ4v) is 3.22. The summed E-state index contributed by atoms with van der Waals surface area (Å²) in [5, 5.41) is 19.6. The molecular formula is C24H19F5N4O6. The first-order chi connectivity index (χ1) is 18.4. The fourth-order valence-electron chi connectivity index (χ4n) is 3.22. The normalized spacial score (nSPS) is 12.4. The van der Waals surface area contributed by atoms with Crippen LogP contribution in [-0.4, -0.2) is 57.6 Å². The molecule has 10 nitrogen and oxygen atoms in total. The number of benzene rings is 2. The summed E-state index contributed by atoms with van der Waals surface area (Å²) in [6, 6.07) is 3.63. The van der Waals surface area contributed by atoms with Crippen molar-refractivity contribution in [3.63, 3.8) is 0 Å². The predicted molar refractivity (Wildman–Crippen MR) is 122 cm³/mol. The van der Waals surface area contributed by atoms with Crippen molar-refractivity contribution in [3.8, 4) is 17.0 Å². The van der Waals surface area contributed by atoms with Crippen molar-refractivity contribution in [1.29, 1.82) is 0 Å². The van der Waals surface area contributed by atoms with Crippen LogP contribution >= 0.6 is 0 Å². The van der Waals surface area contributed by atoms with Gasteiger partial charge in [0.1, 0.15) is 30.2 Å². The molecule has 3 aromatic rings. The number of rotatable bonds is 11. The summed E-state index contributed by atoms with van der Waals surface area (Å²) in [6.45, 7) is -0.0663. The Labute approximate surface area is 216 Å². The van der Waals surface area contributed by atoms with E-state index >= 15 is 0 Å². The maximum atomic E-state index is 13.9. The van der Waals surface area contributed by atoms with Crippen molar-refractivity contribution >= 4 is 23.6 Å². The van der Waals surface area contributed by atoms with Crippen molar-refractivity contribution in [2.24, 2.45) is 0 Å². The van der Waals surface area contributed by atoms with Crippen LogP contribution in [0.2, 0.25) is 0 Å². The van der Waals surface area contributed by atoms with Gasteiger partial charge in [-0.15, -0.1) is 0 Å². The molecule has 1 heterocycles. The molecule has 0 radical (unpaired) electrons. The second-order valence-corrected chi connectivity index (χ2v) is 8.05. The minimum atomic E-state index is -1.92. The van der Waals surface area contributed by atoms with E-state index in [0.29, 0.717) is 0 Å². The molecule has 0 spiro atoms. The van der Waals surface area contributed by atoms with Crippen LogP contribution in [0.4, 0.5) is 22.0 Å². The summed E-state index contributed by atoms with van der Waals surface area (Å²) in [5.41, 5.74) is 0.0657. The molecule has 15 heteroatoms. The highest BCUT2D eigenvalue weighted by Crippen LogP contribution is 2.26. The van der Waals surface area contributed by atoms with Crippen LogP contribution in [0.1, 0.15) is 23.8 Å². The highest BCUT2D eigenvalue weighted by atomic mass is 19.2. The lowest BCUT2D eigenvalue weighted by Gasteiger charge is -2.20. The molecule has 0 saturated carbocycles. The van der Waals surface area contributed by atoms with Crippen LogP contribution in [0.25, 0.3) is 11.3 Å². The van der Waals surface area contributed by atoms with Crippen molar-refractivity contribution in [2.75, 3.05) is 6.61 Å². The van der Waals surface area contributed by atoms with Crippen LogP contribution in [0.3, 0.4) is 0 Å². The molecule has 0 bridgehead atoms. The molecule has 2 atom stereocenters. The molecule has 4 N–H and O–H groups in total. The van der Waals surface area contributed by atoms with Gasteiger partial charge in [0.25, 0.3) is 5.91 Å². The van der Waals surface area contributed by atoms with Gasteiger partial charge in [-0.3, -0.25) is 24.3 Å². The van der Waals surface area contributed by atoms with E-state index in [2.05, 4.69) is 25.6 Å². The maximum Gasteiger partial charge on any atom is 0.305 e. The van der Waals surface area contributed by atoms with E-state index in [-0.39, 0.29) is 23.0 Å². The first-order valence-corrected chi connectivity index (χ1v) is 11.0. The Morgan fingerprint density at radius 1 is 0.974 bits per heavy atom. The number of halogens is 5. The smallest absolute Gasteiger partial charge is 0.305 e. The molecule has 0 saturated heterocycles. The number of hydrogen-bond donors (Lipinski definition) is 4. The number of carbonyl (C=O) groups is 4. The van der Waals surface area contributed by atoms with Gasteiger partial charge in [-0.25, -0.2) is 13.2 Å². The zero-order valence-corrected chi connectivity index (χ0v) is 19.9. The lowest BCUT2D eigenvalue weighted by molar-refractivity contribution is -0.140. The highest BCUT2D eigenvalue weighted by Gasteiger charge is 2.29. The van der Waals surface area contributed by atoms with Gasteiger partial charge in [0, 0.05) is 11.6 Å². The number of amides is 2. The number of H-pyrrole nitrogens is 1. The Balaban J connectivity index is 1.64. The van der Waals surface area contributed by atoms with E-state index in [1.807, 2.05) is 0 Å². The summed E-state index contributed by atoms with van der Waals surface area (Å²) in [4.78, 5) is 48.7. The average molecular weight is 554 g/mol.